The third-order valence-corrected chi connectivity index (χ3v) is 3.64. The molecule has 0 aromatic rings. The summed E-state index contributed by atoms with van der Waals surface area (Å²) in [5, 5.41) is 9.15. The number of carbonyl (C=O) groups is 2. The summed E-state index contributed by atoms with van der Waals surface area (Å²) in [4.78, 5) is 22.6. The van der Waals surface area contributed by atoms with Gasteiger partial charge in [-0.1, -0.05) is 6.92 Å². The predicted octanol–water partition coefficient (Wildman–Crippen LogP) is -2.29. The van der Waals surface area contributed by atoms with E-state index in [1.54, 1.807) is 22.9 Å². The average Bonchev–Trinajstić information content (AvgIpc) is 2.65. The van der Waals surface area contributed by atoms with Crippen LogP contribution in [0.4, 0.5) is 0 Å². The molecule has 4 nitrogen and oxygen atoms in total. The highest BCUT2D eigenvalue weighted by atomic mass is 127. The molecule has 2 rings (SSSR count). The van der Waals surface area contributed by atoms with Crippen molar-refractivity contribution in [2.75, 3.05) is 0 Å². The van der Waals surface area contributed by atoms with Gasteiger partial charge in [0.25, 0.3) is 6.07 Å². The number of hydrogen-bond acceptors (Lipinski definition) is 2. The smallest absolute Gasteiger partial charge is 0.329 e. The van der Waals surface area contributed by atoms with Crippen LogP contribution in [0.1, 0.15) is 13.3 Å². The van der Waals surface area contributed by atoms with Crippen LogP contribution in [0.2, 0.25) is 0 Å². The van der Waals surface area contributed by atoms with Crippen molar-refractivity contribution < 1.29 is 37.6 Å². The third-order valence-electron chi connectivity index (χ3n) is 3.40. The molecule has 2 saturated carbocycles. The molecule has 0 aliphatic heterocycles. The van der Waals surface area contributed by atoms with Gasteiger partial charge in [0.2, 0.25) is 5.41 Å². The Morgan fingerprint density at radius 3 is 2.79 bits per heavy atom. The molecule has 0 bridgehead atoms. The summed E-state index contributed by atoms with van der Waals surface area (Å²) in [5.41, 5.74) is -1.14. The lowest BCUT2D eigenvalue weighted by Gasteiger charge is -2.14. The van der Waals surface area contributed by atoms with Crippen molar-refractivity contribution in [1.29, 1.82) is 0 Å². The summed E-state index contributed by atoms with van der Waals surface area (Å²) in [7, 11) is 0. The minimum absolute atomic E-state index is 0.0532. The van der Waals surface area contributed by atoms with E-state index in [1.807, 2.05) is 6.92 Å². The summed E-state index contributed by atoms with van der Waals surface area (Å²) >= 11 is 1.70. The predicted molar refractivity (Wildman–Crippen MR) is 43.1 cm³/mol. The van der Waals surface area contributed by atoms with Crippen molar-refractivity contribution in [3.63, 3.8) is 0 Å². The van der Waals surface area contributed by atoms with Crippen molar-refractivity contribution in [3.05, 3.63) is 3.06 Å². The molecule has 2 unspecified atom stereocenters. The van der Waals surface area contributed by atoms with Crippen molar-refractivity contribution in [2.45, 2.75) is 13.3 Å². The number of rotatable bonds is 1. The Hall–Kier alpha value is -0.640. The number of fused-ring (bicyclic) bond motifs is 1. The van der Waals surface area contributed by atoms with Crippen LogP contribution in [0.25, 0.3) is 3.06 Å². The van der Waals surface area contributed by atoms with Gasteiger partial charge in [-0.2, -0.15) is 22.9 Å². The maximum atomic E-state index is 11.5. The SMILES string of the molecule is C[C@H]1C2C(=O)C[C@@](C#[N+][I-])(C(=O)O)C21. The maximum absolute atomic E-state index is 11.5. The number of ketones is 1. The highest BCUT2D eigenvalue weighted by Gasteiger charge is 2.73. The first-order chi connectivity index (χ1) is 6.54. The maximum Gasteiger partial charge on any atom is 0.329 e. The molecular formula is C9H9INO3. The lowest BCUT2D eigenvalue weighted by molar-refractivity contribution is -0.282. The fourth-order valence-electron chi connectivity index (χ4n) is 2.68. The van der Waals surface area contributed by atoms with E-state index in [2.05, 4.69) is 9.13 Å². The van der Waals surface area contributed by atoms with E-state index in [9.17, 15) is 9.59 Å². The van der Waals surface area contributed by atoms with E-state index in [0.717, 1.165) is 0 Å². The number of hydrogen-bond donors (Lipinski definition) is 1. The van der Waals surface area contributed by atoms with Crippen LogP contribution in [0.5, 0.6) is 0 Å². The van der Waals surface area contributed by atoms with E-state index in [0.29, 0.717) is 0 Å². The van der Waals surface area contributed by atoms with Gasteiger partial charge in [0.15, 0.2) is 0 Å². The zero-order valence-corrected chi connectivity index (χ0v) is 9.69. The van der Waals surface area contributed by atoms with Gasteiger partial charge in [-0.25, -0.2) is 3.06 Å². The molecule has 0 heterocycles. The van der Waals surface area contributed by atoms with Crippen molar-refractivity contribution in [3.8, 4) is 6.07 Å². The summed E-state index contributed by atoms with van der Waals surface area (Å²) in [5.74, 6) is -0.874. The third kappa shape index (κ3) is 1.03. The lowest BCUT2D eigenvalue weighted by atomic mass is 9.82. The van der Waals surface area contributed by atoms with Crippen LogP contribution in [0.15, 0.2) is 0 Å². The van der Waals surface area contributed by atoms with Crippen LogP contribution >= 0.6 is 0 Å². The standard InChI is InChI=1S/C9H9INO3/c1-4-6-5(12)2-9(3-11-10,7(4)6)8(13)14/h4,6-7H,2H2,1H3,(H,13,14)/t4-,6?,7?,9-/m0/s1. The van der Waals surface area contributed by atoms with E-state index in [4.69, 9.17) is 5.11 Å². The largest absolute Gasteiger partial charge is 0.480 e. The molecule has 2 aliphatic rings. The number of nitrogens with zero attached hydrogens (tertiary/aromatic N) is 1. The van der Waals surface area contributed by atoms with Gasteiger partial charge in [-0.15, -0.1) is 0 Å². The normalized spacial score (nSPS) is 43.9. The number of carbonyl (C=O) groups excluding carboxylic acids is 1. The molecule has 5 heteroatoms. The second-order valence-electron chi connectivity index (χ2n) is 4.03. The first-order valence-corrected chi connectivity index (χ1v) is 5.35. The molecule has 14 heavy (non-hydrogen) atoms. The quantitative estimate of drug-likeness (QED) is 0.555. The molecule has 2 aliphatic carbocycles. The fraction of sp³-hybridized carbons (Fsp3) is 0.667. The first-order valence-electron chi connectivity index (χ1n) is 4.39. The Morgan fingerprint density at radius 2 is 2.43 bits per heavy atom. The molecule has 75 valence electrons. The zero-order chi connectivity index (χ0) is 10.5. The van der Waals surface area contributed by atoms with Crippen LogP contribution in [0, 0.1) is 29.2 Å². The van der Waals surface area contributed by atoms with Gasteiger partial charge in [0, 0.05) is 18.3 Å². The van der Waals surface area contributed by atoms with Crippen LogP contribution in [-0.2, 0) is 9.59 Å². The van der Waals surface area contributed by atoms with E-state index in [-0.39, 0.29) is 30.0 Å². The topological polar surface area (TPSA) is 58.7 Å². The number of carboxylic acids is 1. The Kier molecular flexibility index (Phi) is 2.07. The zero-order valence-electron chi connectivity index (χ0n) is 7.53. The molecule has 0 aromatic heterocycles. The van der Waals surface area contributed by atoms with Gasteiger partial charge < -0.3 is 5.11 Å². The first kappa shape index (κ1) is 9.90. The van der Waals surface area contributed by atoms with Gasteiger partial charge in [-0.05, 0) is 5.92 Å². The van der Waals surface area contributed by atoms with E-state index >= 15 is 0 Å². The molecule has 0 saturated heterocycles. The minimum atomic E-state index is -1.14. The molecule has 0 aromatic carbocycles. The Bertz CT molecular complexity index is 383. The second kappa shape index (κ2) is 2.92. The van der Waals surface area contributed by atoms with Crippen LogP contribution in [-0.4, -0.2) is 16.9 Å². The molecule has 2 fully saturated rings. The summed E-state index contributed by atoms with van der Waals surface area (Å²) in [6.45, 7) is 1.92. The number of aliphatic carboxylic acids is 1. The molecule has 1 radical (unpaired) electrons. The Balaban J connectivity index is 2.42. The molecule has 0 amide bonds. The fourth-order valence-corrected chi connectivity index (χ4v) is 3.11. The average molecular weight is 306 g/mol. The molecule has 4 atom stereocenters. The number of Topliss-reactive ketones (excluding diaryl/α,β-unsaturated/α-hetero) is 1. The summed E-state index contributed by atoms with van der Waals surface area (Å²) < 4.78 is 3.64. The Labute approximate surface area is 95.0 Å². The summed E-state index contributed by atoms with van der Waals surface area (Å²) in [6, 6.07) is 2.60. The highest BCUT2D eigenvalue weighted by molar-refractivity contribution is 5.97. The molecule has 1 N–H and O–H groups in total. The number of carboxylic acid groups (broad SMARTS) is 1. The van der Waals surface area contributed by atoms with Crippen LogP contribution in [0.3, 0.4) is 0 Å². The number of halogens is 1. The second-order valence-corrected chi connectivity index (χ2v) is 4.51. The van der Waals surface area contributed by atoms with E-state index < -0.39 is 11.4 Å². The van der Waals surface area contributed by atoms with Gasteiger partial charge in [0.05, 0.1) is 0 Å². The van der Waals surface area contributed by atoms with Gasteiger partial charge in [-0.3, -0.25) is 9.59 Å². The van der Waals surface area contributed by atoms with Gasteiger partial charge in [0.1, 0.15) is 5.78 Å². The monoisotopic (exact) mass is 306 g/mol. The minimum Gasteiger partial charge on any atom is -0.480 e. The van der Waals surface area contributed by atoms with Crippen molar-refractivity contribution in [1.82, 2.24) is 0 Å². The Morgan fingerprint density at radius 1 is 1.79 bits per heavy atom. The lowest BCUT2D eigenvalue weighted by Crippen LogP contribution is -3.29. The van der Waals surface area contributed by atoms with Crippen molar-refractivity contribution in [2.24, 2.45) is 23.2 Å². The van der Waals surface area contributed by atoms with E-state index in [1.165, 1.54) is 0 Å². The summed E-state index contributed by atoms with van der Waals surface area (Å²) in [6.07, 6.45) is 0.0640. The van der Waals surface area contributed by atoms with Crippen LogP contribution < -0.4 is 22.9 Å². The highest BCUT2D eigenvalue weighted by Crippen LogP contribution is 2.64. The van der Waals surface area contributed by atoms with Gasteiger partial charge >= 0.3 is 5.97 Å². The van der Waals surface area contributed by atoms with Crippen molar-refractivity contribution >= 4 is 11.8 Å². The molecule has 0 spiro atoms. The molecular weight excluding hydrogens is 297 g/mol.